The molecule has 4 aromatic rings. The molecule has 1 aliphatic rings. The first-order chi connectivity index (χ1) is 15.4. The van der Waals surface area contributed by atoms with Gasteiger partial charge < -0.3 is 14.6 Å². The predicted octanol–water partition coefficient (Wildman–Crippen LogP) is 3.40. The summed E-state index contributed by atoms with van der Waals surface area (Å²) in [7, 11) is 0. The molecule has 8 nitrogen and oxygen atoms in total. The Morgan fingerprint density at radius 1 is 1.19 bits per heavy atom. The van der Waals surface area contributed by atoms with Gasteiger partial charge >= 0.3 is 6.18 Å². The third-order valence-electron chi connectivity index (χ3n) is 5.43. The van der Waals surface area contributed by atoms with E-state index < -0.39 is 12.7 Å². The van der Waals surface area contributed by atoms with Gasteiger partial charge in [-0.2, -0.15) is 18.3 Å². The number of alkyl halides is 3. The lowest BCUT2D eigenvalue weighted by Crippen LogP contribution is -2.33. The van der Waals surface area contributed by atoms with Crippen molar-refractivity contribution in [1.82, 2.24) is 29.6 Å². The van der Waals surface area contributed by atoms with E-state index in [1.165, 1.54) is 12.3 Å². The van der Waals surface area contributed by atoms with Gasteiger partial charge in [0, 0.05) is 54.6 Å². The molecule has 1 N–H and O–H groups in total. The van der Waals surface area contributed by atoms with Crippen LogP contribution in [0.2, 0.25) is 0 Å². The number of aromatic amines is 1. The Labute approximate surface area is 180 Å². The molecule has 0 radical (unpaired) electrons. The smallest absolute Gasteiger partial charge is 0.380 e. The van der Waals surface area contributed by atoms with Crippen LogP contribution in [0.1, 0.15) is 16.9 Å². The van der Waals surface area contributed by atoms with E-state index in [9.17, 15) is 18.0 Å². The van der Waals surface area contributed by atoms with Gasteiger partial charge in [-0.1, -0.05) is 0 Å². The summed E-state index contributed by atoms with van der Waals surface area (Å²) < 4.78 is 46.1. The van der Waals surface area contributed by atoms with Crippen molar-refractivity contribution < 1.29 is 22.7 Å². The number of hydrogen-bond acceptors (Lipinski definition) is 5. The zero-order valence-corrected chi connectivity index (χ0v) is 16.9. The van der Waals surface area contributed by atoms with E-state index in [0.717, 1.165) is 15.6 Å². The van der Waals surface area contributed by atoms with E-state index in [-0.39, 0.29) is 17.1 Å². The number of nitrogens with zero attached hydrogens (tertiary/aromatic N) is 5. The number of halogens is 3. The quantitative estimate of drug-likeness (QED) is 0.523. The van der Waals surface area contributed by atoms with E-state index in [0.29, 0.717) is 49.4 Å². The highest BCUT2D eigenvalue weighted by atomic mass is 19.4. The van der Waals surface area contributed by atoms with Crippen molar-refractivity contribution in [1.29, 1.82) is 0 Å². The topological polar surface area (TPSA) is 88.9 Å². The summed E-state index contributed by atoms with van der Waals surface area (Å²) in [6.45, 7) is 0.629. The summed E-state index contributed by atoms with van der Waals surface area (Å²) in [5, 5.41) is 5.48. The van der Waals surface area contributed by atoms with Crippen molar-refractivity contribution in [3.05, 3.63) is 42.6 Å². The molecule has 0 aliphatic carbocycles. The van der Waals surface area contributed by atoms with Crippen LogP contribution in [0.4, 0.5) is 13.2 Å². The molecular weight excluding hydrogens is 425 g/mol. The number of carbonyl (C=O) groups is 1. The Morgan fingerprint density at radius 2 is 2.06 bits per heavy atom. The van der Waals surface area contributed by atoms with Gasteiger partial charge in [0.05, 0.1) is 23.8 Å². The lowest BCUT2D eigenvalue weighted by molar-refractivity contribution is -0.141. The molecule has 4 aromatic heterocycles. The Bertz CT molecular complexity index is 1290. The Kier molecular flexibility index (Phi) is 5.04. The van der Waals surface area contributed by atoms with E-state index in [2.05, 4.69) is 20.1 Å². The first-order valence-corrected chi connectivity index (χ1v) is 10.1. The van der Waals surface area contributed by atoms with Crippen molar-refractivity contribution in [3.63, 3.8) is 0 Å². The molecule has 1 saturated heterocycles. The number of amides is 1. The maximum atomic E-state index is 13.3. The van der Waals surface area contributed by atoms with Gasteiger partial charge in [-0.05, 0) is 18.6 Å². The van der Waals surface area contributed by atoms with Crippen LogP contribution < -0.4 is 0 Å². The number of rotatable bonds is 3. The van der Waals surface area contributed by atoms with Gasteiger partial charge in [-0.25, -0.2) is 0 Å². The second kappa shape index (κ2) is 7.90. The van der Waals surface area contributed by atoms with E-state index >= 15 is 0 Å². The summed E-state index contributed by atoms with van der Waals surface area (Å²) in [5.74, 6) is -0.336. The van der Waals surface area contributed by atoms with Crippen LogP contribution in [0.25, 0.3) is 33.1 Å². The fraction of sp³-hybridized carbons (Fsp3) is 0.333. The maximum absolute atomic E-state index is 13.3. The number of aromatic nitrogens is 5. The van der Waals surface area contributed by atoms with Crippen LogP contribution in [0.3, 0.4) is 0 Å². The zero-order chi connectivity index (χ0) is 22.3. The van der Waals surface area contributed by atoms with Crippen molar-refractivity contribution in [3.8, 4) is 11.3 Å². The third-order valence-corrected chi connectivity index (χ3v) is 5.43. The van der Waals surface area contributed by atoms with Crippen LogP contribution in [-0.2, 0) is 11.3 Å². The molecule has 5 heterocycles. The van der Waals surface area contributed by atoms with Crippen LogP contribution in [0.5, 0.6) is 0 Å². The molecule has 1 fully saturated rings. The Hall–Kier alpha value is -3.47. The molecule has 5 rings (SSSR count). The van der Waals surface area contributed by atoms with Gasteiger partial charge in [0.2, 0.25) is 0 Å². The summed E-state index contributed by atoms with van der Waals surface area (Å²) in [5.41, 5.74) is 2.02. The molecule has 32 heavy (non-hydrogen) atoms. The molecule has 166 valence electrons. The predicted molar refractivity (Wildman–Crippen MR) is 110 cm³/mol. The molecule has 0 saturated carbocycles. The highest BCUT2D eigenvalue weighted by Gasteiger charge is 2.31. The van der Waals surface area contributed by atoms with Gasteiger partial charge in [0.15, 0.2) is 0 Å². The van der Waals surface area contributed by atoms with Crippen molar-refractivity contribution in [2.75, 3.05) is 26.3 Å². The van der Waals surface area contributed by atoms with Crippen molar-refractivity contribution >= 4 is 27.7 Å². The molecule has 0 spiro atoms. The van der Waals surface area contributed by atoms with Gasteiger partial charge in [-0.3, -0.25) is 19.4 Å². The minimum Gasteiger partial charge on any atom is -0.380 e. The third kappa shape index (κ3) is 3.79. The first kappa shape index (κ1) is 20.4. The minimum absolute atomic E-state index is 0.0809. The molecule has 0 atom stereocenters. The van der Waals surface area contributed by atoms with Crippen LogP contribution in [0.15, 0.2) is 36.9 Å². The second-order valence-corrected chi connectivity index (χ2v) is 7.59. The largest absolute Gasteiger partial charge is 0.408 e. The van der Waals surface area contributed by atoms with Gasteiger partial charge in [-0.15, -0.1) is 0 Å². The fourth-order valence-corrected chi connectivity index (χ4v) is 3.95. The van der Waals surface area contributed by atoms with E-state index in [1.807, 2.05) is 0 Å². The summed E-state index contributed by atoms with van der Waals surface area (Å²) in [6.07, 6.45) is 2.56. The number of ether oxygens (including phenoxy) is 1. The SMILES string of the molecule is O=C(c1cc2c(cn1)c(-c1c[nH]c3cnccc13)nn2CC(F)(F)F)N1CCCOCC1. The van der Waals surface area contributed by atoms with Crippen LogP contribution >= 0.6 is 0 Å². The zero-order valence-electron chi connectivity index (χ0n) is 16.9. The molecule has 11 heteroatoms. The minimum atomic E-state index is -4.48. The molecule has 1 amide bonds. The average molecular weight is 444 g/mol. The van der Waals surface area contributed by atoms with Crippen LogP contribution in [-0.4, -0.2) is 68.0 Å². The monoisotopic (exact) mass is 444 g/mol. The van der Waals surface area contributed by atoms with E-state index in [4.69, 9.17) is 4.74 Å². The molecule has 1 aliphatic heterocycles. The fourth-order valence-electron chi connectivity index (χ4n) is 3.95. The average Bonchev–Trinajstić information content (AvgIpc) is 3.21. The lowest BCUT2D eigenvalue weighted by Gasteiger charge is -2.19. The number of nitrogens with one attached hydrogen (secondary N) is 1. The summed E-state index contributed by atoms with van der Waals surface area (Å²) in [6, 6.07) is 3.16. The second-order valence-electron chi connectivity index (χ2n) is 7.59. The molecule has 0 bridgehead atoms. The van der Waals surface area contributed by atoms with E-state index in [1.54, 1.807) is 29.6 Å². The van der Waals surface area contributed by atoms with Crippen LogP contribution in [0, 0.1) is 0 Å². The Balaban J connectivity index is 1.62. The summed E-state index contributed by atoms with van der Waals surface area (Å²) in [4.78, 5) is 26.0. The highest BCUT2D eigenvalue weighted by molar-refractivity contribution is 6.04. The highest BCUT2D eigenvalue weighted by Crippen LogP contribution is 2.34. The normalized spacial score (nSPS) is 15.4. The van der Waals surface area contributed by atoms with Crippen molar-refractivity contribution in [2.24, 2.45) is 0 Å². The first-order valence-electron chi connectivity index (χ1n) is 10.1. The van der Waals surface area contributed by atoms with Crippen molar-refractivity contribution in [2.45, 2.75) is 19.1 Å². The molecular formula is C21H19F3N6O2. The number of hydrogen-bond donors (Lipinski definition) is 1. The number of pyridine rings is 2. The lowest BCUT2D eigenvalue weighted by atomic mass is 10.1. The summed E-state index contributed by atoms with van der Waals surface area (Å²) >= 11 is 0. The number of fused-ring (bicyclic) bond motifs is 2. The molecule has 0 aromatic carbocycles. The van der Waals surface area contributed by atoms with Gasteiger partial charge in [0.1, 0.15) is 17.9 Å². The molecule has 0 unspecified atom stereocenters. The van der Waals surface area contributed by atoms with Gasteiger partial charge in [0.25, 0.3) is 5.91 Å². The number of carbonyl (C=O) groups excluding carboxylic acids is 1. The number of H-pyrrole nitrogens is 1. The Morgan fingerprint density at radius 3 is 2.91 bits per heavy atom. The maximum Gasteiger partial charge on any atom is 0.408 e. The standard InChI is InChI=1S/C21H19F3N6O2/c22-21(23,24)12-30-18-8-16(20(31)29-4-1-6-32-7-5-29)26-10-15(18)19(28-30)14-9-27-17-11-25-3-2-13(14)17/h2-3,8-11,27H,1,4-7,12H2.